The van der Waals surface area contributed by atoms with Gasteiger partial charge in [0.25, 0.3) is 5.91 Å². The fraction of sp³-hybridized carbons (Fsp3) is 0.118. The largest absolute Gasteiger partial charge is 0.480 e. The van der Waals surface area contributed by atoms with Gasteiger partial charge in [-0.1, -0.05) is 24.3 Å². The smallest absolute Gasteiger partial charge is 0.265 e. The van der Waals surface area contributed by atoms with E-state index in [4.69, 9.17) is 15.3 Å². The molecule has 1 amide bonds. The molecule has 0 aliphatic heterocycles. The van der Waals surface area contributed by atoms with E-state index in [0.29, 0.717) is 22.6 Å². The molecule has 0 aliphatic rings. The topological polar surface area (TPSA) is 85.9 Å². The summed E-state index contributed by atoms with van der Waals surface area (Å²) >= 11 is 0. The summed E-state index contributed by atoms with van der Waals surface area (Å²) < 4.78 is 5.53. The molecular weight excluding hydrogens is 278 g/mol. The molecule has 1 N–H and O–H groups in total. The number of hydrogen-bond acceptors (Lipinski definition) is 4. The Hall–Kier alpha value is -3.31. The average Bonchev–Trinajstić information content (AvgIpc) is 2.55. The van der Waals surface area contributed by atoms with Crippen molar-refractivity contribution in [1.29, 1.82) is 10.5 Å². The number of nitrogens with zero attached hydrogens (tertiary/aromatic N) is 2. The Morgan fingerprint density at radius 3 is 2.32 bits per heavy atom. The molecule has 108 valence electrons. The number of benzene rings is 2. The van der Waals surface area contributed by atoms with E-state index in [-0.39, 0.29) is 0 Å². The van der Waals surface area contributed by atoms with Crippen LogP contribution in [0.15, 0.2) is 48.5 Å². The molecule has 2 aromatic rings. The predicted octanol–water partition coefficient (Wildman–Crippen LogP) is 2.84. The van der Waals surface area contributed by atoms with Gasteiger partial charge in [0.15, 0.2) is 6.10 Å². The highest BCUT2D eigenvalue weighted by atomic mass is 16.5. The second kappa shape index (κ2) is 6.92. The summed E-state index contributed by atoms with van der Waals surface area (Å²) in [6.45, 7) is 1.58. The molecule has 2 aromatic carbocycles. The van der Waals surface area contributed by atoms with E-state index in [1.807, 2.05) is 12.1 Å². The normalized spacial score (nSPS) is 10.9. The SMILES string of the molecule is CC(Oc1ccccc1C#N)C(=O)Nc1ccccc1C#N. The highest BCUT2D eigenvalue weighted by Gasteiger charge is 2.17. The van der Waals surface area contributed by atoms with Gasteiger partial charge in [-0.2, -0.15) is 10.5 Å². The summed E-state index contributed by atoms with van der Waals surface area (Å²) in [5.74, 6) is -0.0448. The number of hydrogen-bond donors (Lipinski definition) is 1. The number of carbonyl (C=O) groups is 1. The van der Waals surface area contributed by atoms with Crippen molar-refractivity contribution in [1.82, 2.24) is 0 Å². The Morgan fingerprint density at radius 1 is 1.05 bits per heavy atom. The van der Waals surface area contributed by atoms with E-state index in [1.54, 1.807) is 55.5 Å². The summed E-state index contributed by atoms with van der Waals surface area (Å²) in [5, 5.41) is 20.7. The molecule has 0 spiro atoms. The van der Waals surface area contributed by atoms with Crippen molar-refractivity contribution in [3.05, 3.63) is 59.7 Å². The maximum Gasteiger partial charge on any atom is 0.265 e. The molecule has 0 saturated carbocycles. The van der Waals surface area contributed by atoms with Gasteiger partial charge in [0, 0.05) is 0 Å². The number of carbonyl (C=O) groups excluding carboxylic acids is 1. The predicted molar refractivity (Wildman–Crippen MR) is 81.0 cm³/mol. The third-order valence-corrected chi connectivity index (χ3v) is 2.99. The molecule has 0 radical (unpaired) electrons. The first-order chi connectivity index (χ1) is 10.7. The minimum Gasteiger partial charge on any atom is -0.480 e. The molecule has 0 heterocycles. The van der Waals surface area contributed by atoms with Crippen LogP contribution in [0.5, 0.6) is 5.75 Å². The van der Waals surface area contributed by atoms with Gasteiger partial charge in [-0.05, 0) is 31.2 Å². The summed E-state index contributed by atoms with van der Waals surface area (Å²) in [4.78, 5) is 12.2. The van der Waals surface area contributed by atoms with Crippen LogP contribution >= 0.6 is 0 Å². The maximum absolute atomic E-state index is 12.2. The standard InChI is InChI=1S/C17H13N3O2/c1-12(22-16-9-5-3-7-14(16)11-19)17(21)20-15-8-4-2-6-13(15)10-18/h2-9,12H,1H3,(H,20,21). The second-order valence-corrected chi connectivity index (χ2v) is 4.51. The Balaban J connectivity index is 2.10. The van der Waals surface area contributed by atoms with Gasteiger partial charge in [-0.15, -0.1) is 0 Å². The van der Waals surface area contributed by atoms with Gasteiger partial charge < -0.3 is 10.1 Å². The van der Waals surface area contributed by atoms with Crippen LogP contribution in [-0.4, -0.2) is 12.0 Å². The van der Waals surface area contributed by atoms with Crippen molar-refractivity contribution in [3.63, 3.8) is 0 Å². The van der Waals surface area contributed by atoms with Crippen LogP contribution in [0.3, 0.4) is 0 Å². The zero-order valence-electron chi connectivity index (χ0n) is 11.9. The highest BCUT2D eigenvalue weighted by Crippen LogP contribution is 2.19. The minimum atomic E-state index is -0.804. The number of nitriles is 2. The van der Waals surface area contributed by atoms with Crippen molar-refractivity contribution in [2.75, 3.05) is 5.32 Å². The quantitative estimate of drug-likeness (QED) is 0.938. The number of amides is 1. The molecule has 0 aliphatic carbocycles. The number of ether oxygens (including phenoxy) is 1. The van der Waals surface area contributed by atoms with Crippen LogP contribution in [0, 0.1) is 22.7 Å². The third kappa shape index (κ3) is 3.41. The lowest BCUT2D eigenvalue weighted by Gasteiger charge is -2.16. The number of para-hydroxylation sites is 2. The van der Waals surface area contributed by atoms with Gasteiger partial charge in [0.05, 0.1) is 16.8 Å². The van der Waals surface area contributed by atoms with Gasteiger partial charge in [0.2, 0.25) is 0 Å². The van der Waals surface area contributed by atoms with Gasteiger partial charge in [-0.25, -0.2) is 0 Å². The Bertz CT molecular complexity index is 772. The first-order valence-corrected chi connectivity index (χ1v) is 6.61. The summed E-state index contributed by atoms with van der Waals surface area (Å²) in [5.41, 5.74) is 1.17. The van der Waals surface area contributed by atoms with Crippen LogP contribution in [-0.2, 0) is 4.79 Å². The fourth-order valence-corrected chi connectivity index (χ4v) is 1.83. The average molecular weight is 291 g/mol. The molecule has 5 heteroatoms. The lowest BCUT2D eigenvalue weighted by molar-refractivity contribution is -0.122. The van der Waals surface area contributed by atoms with E-state index in [2.05, 4.69) is 5.32 Å². The van der Waals surface area contributed by atoms with Crippen LogP contribution < -0.4 is 10.1 Å². The summed E-state index contributed by atoms with van der Waals surface area (Å²) in [7, 11) is 0. The van der Waals surface area contributed by atoms with E-state index in [9.17, 15) is 4.79 Å². The van der Waals surface area contributed by atoms with Crippen LogP contribution in [0.2, 0.25) is 0 Å². The minimum absolute atomic E-state index is 0.348. The number of nitrogens with one attached hydrogen (secondary N) is 1. The molecule has 22 heavy (non-hydrogen) atoms. The Morgan fingerprint density at radius 2 is 1.64 bits per heavy atom. The van der Waals surface area contributed by atoms with E-state index in [1.165, 1.54) is 0 Å². The fourth-order valence-electron chi connectivity index (χ4n) is 1.83. The maximum atomic E-state index is 12.2. The third-order valence-electron chi connectivity index (χ3n) is 2.99. The molecule has 0 saturated heterocycles. The lowest BCUT2D eigenvalue weighted by atomic mass is 10.2. The molecule has 0 bridgehead atoms. The molecule has 0 aromatic heterocycles. The first-order valence-electron chi connectivity index (χ1n) is 6.61. The highest BCUT2D eigenvalue weighted by molar-refractivity contribution is 5.95. The monoisotopic (exact) mass is 291 g/mol. The van der Waals surface area contributed by atoms with Crippen molar-refractivity contribution >= 4 is 11.6 Å². The molecular formula is C17H13N3O2. The van der Waals surface area contributed by atoms with Crippen LogP contribution in [0.25, 0.3) is 0 Å². The van der Waals surface area contributed by atoms with Crippen molar-refractivity contribution in [2.45, 2.75) is 13.0 Å². The van der Waals surface area contributed by atoms with Crippen molar-refractivity contribution < 1.29 is 9.53 Å². The van der Waals surface area contributed by atoms with E-state index < -0.39 is 12.0 Å². The Labute approximate surface area is 128 Å². The summed E-state index contributed by atoms with van der Waals surface area (Å²) in [6.07, 6.45) is -0.804. The van der Waals surface area contributed by atoms with Crippen molar-refractivity contribution in [2.24, 2.45) is 0 Å². The van der Waals surface area contributed by atoms with Gasteiger partial charge in [0.1, 0.15) is 17.9 Å². The number of rotatable bonds is 4. The van der Waals surface area contributed by atoms with E-state index in [0.717, 1.165) is 0 Å². The number of anilines is 1. The van der Waals surface area contributed by atoms with E-state index >= 15 is 0 Å². The first kappa shape index (κ1) is 15.1. The van der Waals surface area contributed by atoms with Crippen molar-refractivity contribution in [3.8, 4) is 17.9 Å². The zero-order chi connectivity index (χ0) is 15.9. The summed E-state index contributed by atoms with van der Waals surface area (Å²) in [6, 6.07) is 17.4. The molecule has 0 fully saturated rings. The van der Waals surface area contributed by atoms with Crippen LogP contribution in [0.1, 0.15) is 18.1 Å². The molecule has 5 nitrogen and oxygen atoms in total. The molecule has 1 unspecified atom stereocenters. The van der Waals surface area contributed by atoms with Crippen LogP contribution in [0.4, 0.5) is 5.69 Å². The zero-order valence-corrected chi connectivity index (χ0v) is 11.9. The molecule has 2 rings (SSSR count). The lowest BCUT2D eigenvalue weighted by Crippen LogP contribution is -2.30. The van der Waals surface area contributed by atoms with Gasteiger partial charge >= 0.3 is 0 Å². The Kier molecular flexibility index (Phi) is 4.74. The molecule has 1 atom stereocenters. The van der Waals surface area contributed by atoms with Gasteiger partial charge in [-0.3, -0.25) is 4.79 Å². The second-order valence-electron chi connectivity index (χ2n) is 4.51.